The molecule has 5 rings (SSSR count). The lowest BCUT2D eigenvalue weighted by molar-refractivity contribution is 0.628. The molecule has 0 unspecified atom stereocenters. The smallest absolute Gasteiger partial charge is 0.228 e. The highest BCUT2D eigenvalue weighted by Gasteiger charge is 2.28. The first-order chi connectivity index (χ1) is 13.1. The maximum absolute atomic E-state index is 14.2. The summed E-state index contributed by atoms with van der Waals surface area (Å²) in [5, 5.41) is 8.42. The van der Waals surface area contributed by atoms with Gasteiger partial charge in [-0.2, -0.15) is 14.6 Å². The fourth-order valence-electron chi connectivity index (χ4n) is 3.20. The Balaban J connectivity index is 1.48. The van der Waals surface area contributed by atoms with Crippen molar-refractivity contribution in [1.29, 1.82) is 0 Å². The van der Waals surface area contributed by atoms with E-state index in [1.807, 2.05) is 18.5 Å². The first-order valence-corrected chi connectivity index (χ1v) is 10.0. The van der Waals surface area contributed by atoms with E-state index in [1.165, 1.54) is 30.2 Å². The Labute approximate surface area is 158 Å². The maximum Gasteiger partial charge on any atom is 0.228 e. The zero-order valence-electron chi connectivity index (χ0n) is 15.0. The predicted octanol–water partition coefficient (Wildman–Crippen LogP) is 3.66. The number of rotatable bonds is 5. The largest absolute Gasteiger partial charge is 0.347 e. The highest BCUT2D eigenvalue weighted by Crippen LogP contribution is 2.41. The molecule has 1 saturated carbocycles. The minimum atomic E-state index is -0.287. The number of aromatic amines is 1. The molecule has 7 nitrogen and oxygen atoms in total. The van der Waals surface area contributed by atoms with Crippen LogP contribution in [0.5, 0.6) is 0 Å². The normalized spacial score (nSPS) is 14.3. The van der Waals surface area contributed by atoms with Gasteiger partial charge in [0.1, 0.15) is 11.3 Å². The minimum Gasteiger partial charge on any atom is -0.347 e. The number of nitrogens with zero attached hydrogens (tertiary/aromatic N) is 5. The van der Waals surface area contributed by atoms with Crippen LogP contribution in [0.2, 0.25) is 0 Å². The lowest BCUT2D eigenvalue weighted by Crippen LogP contribution is -2.10. The summed E-state index contributed by atoms with van der Waals surface area (Å²) in [5.74, 6) is 1.52. The van der Waals surface area contributed by atoms with Gasteiger partial charge in [0, 0.05) is 5.56 Å². The fourth-order valence-corrected chi connectivity index (χ4v) is 3.56. The van der Waals surface area contributed by atoms with Crippen LogP contribution in [-0.4, -0.2) is 35.8 Å². The van der Waals surface area contributed by atoms with Gasteiger partial charge in [0.2, 0.25) is 5.95 Å². The van der Waals surface area contributed by atoms with Crippen LogP contribution in [0.3, 0.4) is 0 Å². The number of anilines is 1. The van der Waals surface area contributed by atoms with E-state index in [9.17, 15) is 4.39 Å². The number of fused-ring (bicyclic) bond motifs is 2. The second-order valence-corrected chi connectivity index (χ2v) is 7.55. The Bertz CT molecular complexity index is 1160. The molecule has 3 aromatic heterocycles. The van der Waals surface area contributed by atoms with Crippen molar-refractivity contribution in [3.63, 3.8) is 0 Å². The van der Waals surface area contributed by atoms with E-state index >= 15 is 0 Å². The number of H-pyrrole nitrogens is 1. The van der Waals surface area contributed by atoms with Gasteiger partial charge < -0.3 is 10.3 Å². The zero-order valence-corrected chi connectivity index (χ0v) is 15.8. The molecule has 9 heteroatoms. The number of imidazole rings is 1. The Morgan fingerprint density at radius 1 is 1.30 bits per heavy atom. The molecule has 1 fully saturated rings. The van der Waals surface area contributed by atoms with Crippen LogP contribution in [0, 0.1) is 12.7 Å². The third kappa shape index (κ3) is 2.82. The summed E-state index contributed by atoms with van der Waals surface area (Å²) < 4.78 is 16.0. The summed E-state index contributed by atoms with van der Waals surface area (Å²) in [7, 11) is 0. The van der Waals surface area contributed by atoms with Crippen molar-refractivity contribution < 1.29 is 4.39 Å². The van der Waals surface area contributed by atoms with Gasteiger partial charge in [0.15, 0.2) is 16.6 Å². The lowest BCUT2D eigenvalue weighted by Gasteiger charge is -2.07. The molecule has 1 aliphatic rings. The van der Waals surface area contributed by atoms with Crippen molar-refractivity contribution in [2.45, 2.75) is 37.4 Å². The minimum absolute atomic E-state index is 0.287. The zero-order chi connectivity index (χ0) is 18.5. The molecule has 0 atom stereocenters. The third-order valence-electron chi connectivity index (χ3n) is 4.82. The molecule has 0 aliphatic heterocycles. The molecule has 0 bridgehead atoms. The van der Waals surface area contributed by atoms with Crippen molar-refractivity contribution >= 4 is 34.4 Å². The van der Waals surface area contributed by atoms with Crippen LogP contribution in [-0.2, 0) is 6.54 Å². The van der Waals surface area contributed by atoms with Gasteiger partial charge in [-0.05, 0) is 43.6 Å². The quantitative estimate of drug-likeness (QED) is 0.512. The van der Waals surface area contributed by atoms with Gasteiger partial charge in [-0.15, -0.1) is 0 Å². The summed E-state index contributed by atoms with van der Waals surface area (Å²) in [6.45, 7) is 2.11. The monoisotopic (exact) mass is 383 g/mol. The Morgan fingerprint density at radius 3 is 2.93 bits per heavy atom. The maximum atomic E-state index is 14.2. The standard InChI is InChI=1S/C18H18FN7S/c1-9-3-6-12-15(14(9)19)23-13(22-12)8-20-17-25-18(27-2)24-16-11(10-4-5-10)7-21-26(16)17/h3,6-7,10H,4-5,8H2,1-2H3,(H,22,23)(H,20,24,25). The second-order valence-electron chi connectivity index (χ2n) is 6.77. The molecule has 0 amide bonds. The highest BCUT2D eigenvalue weighted by atomic mass is 32.2. The summed E-state index contributed by atoms with van der Waals surface area (Å²) >= 11 is 1.49. The summed E-state index contributed by atoms with van der Waals surface area (Å²) in [6.07, 6.45) is 6.21. The van der Waals surface area contributed by atoms with Gasteiger partial charge in [0.05, 0.1) is 18.3 Å². The Hall–Kier alpha value is -2.68. The van der Waals surface area contributed by atoms with E-state index in [-0.39, 0.29) is 5.82 Å². The molecule has 0 saturated heterocycles. The number of hydrogen-bond acceptors (Lipinski definition) is 6. The molecule has 0 radical (unpaired) electrons. The van der Waals surface area contributed by atoms with Gasteiger partial charge in [0.25, 0.3) is 0 Å². The number of aromatic nitrogens is 6. The summed E-state index contributed by atoms with van der Waals surface area (Å²) in [4.78, 5) is 16.7. The van der Waals surface area contributed by atoms with Crippen LogP contribution in [0.25, 0.3) is 16.7 Å². The van der Waals surface area contributed by atoms with Crippen molar-refractivity contribution in [1.82, 2.24) is 29.5 Å². The highest BCUT2D eigenvalue weighted by molar-refractivity contribution is 7.98. The number of aryl methyl sites for hydroxylation is 1. The molecule has 0 spiro atoms. The van der Waals surface area contributed by atoms with Crippen molar-refractivity contribution in [2.24, 2.45) is 0 Å². The van der Waals surface area contributed by atoms with Gasteiger partial charge in [-0.25, -0.2) is 14.4 Å². The molecule has 138 valence electrons. The average molecular weight is 383 g/mol. The first-order valence-electron chi connectivity index (χ1n) is 8.81. The van der Waals surface area contributed by atoms with E-state index < -0.39 is 0 Å². The second kappa shape index (κ2) is 6.19. The summed E-state index contributed by atoms with van der Waals surface area (Å²) in [5.41, 5.74) is 3.66. The number of halogens is 1. The van der Waals surface area contributed by atoms with Crippen LogP contribution in [0.15, 0.2) is 23.5 Å². The van der Waals surface area contributed by atoms with E-state index in [2.05, 4.69) is 30.4 Å². The van der Waals surface area contributed by atoms with E-state index in [4.69, 9.17) is 0 Å². The summed E-state index contributed by atoms with van der Waals surface area (Å²) in [6, 6.07) is 3.59. The molecule has 1 aliphatic carbocycles. The van der Waals surface area contributed by atoms with E-state index in [1.54, 1.807) is 17.5 Å². The molecule has 4 aromatic rings. The van der Waals surface area contributed by atoms with Gasteiger partial charge in [-0.3, -0.25) is 0 Å². The van der Waals surface area contributed by atoms with E-state index in [0.29, 0.717) is 46.0 Å². The van der Waals surface area contributed by atoms with Crippen LogP contribution in [0.4, 0.5) is 10.3 Å². The molecule has 1 aromatic carbocycles. The van der Waals surface area contributed by atoms with Crippen LogP contribution < -0.4 is 5.32 Å². The molecular weight excluding hydrogens is 365 g/mol. The SMILES string of the molecule is CSc1nc(NCc2nc3c(F)c(C)ccc3[nH]2)n2ncc(C3CC3)c2n1. The first kappa shape index (κ1) is 16.5. The van der Waals surface area contributed by atoms with Gasteiger partial charge >= 0.3 is 0 Å². The number of hydrogen-bond donors (Lipinski definition) is 2. The van der Waals surface area contributed by atoms with Gasteiger partial charge in [-0.1, -0.05) is 17.8 Å². The molecule has 27 heavy (non-hydrogen) atoms. The van der Waals surface area contributed by atoms with Crippen molar-refractivity contribution in [2.75, 3.05) is 11.6 Å². The number of thioether (sulfide) groups is 1. The fraction of sp³-hybridized carbons (Fsp3) is 0.333. The Kier molecular flexibility index (Phi) is 3.78. The van der Waals surface area contributed by atoms with E-state index in [0.717, 1.165) is 5.65 Å². The predicted molar refractivity (Wildman–Crippen MR) is 103 cm³/mol. The number of nitrogens with one attached hydrogen (secondary N) is 2. The lowest BCUT2D eigenvalue weighted by atomic mass is 10.2. The van der Waals surface area contributed by atoms with Crippen LogP contribution in [0.1, 0.15) is 35.7 Å². The average Bonchev–Trinajstić information content (AvgIpc) is 3.29. The molecular formula is C18H18FN7S. The molecule has 2 N–H and O–H groups in total. The van der Waals surface area contributed by atoms with Crippen LogP contribution >= 0.6 is 11.8 Å². The topological polar surface area (TPSA) is 83.8 Å². The van der Waals surface area contributed by atoms with Crippen molar-refractivity contribution in [3.8, 4) is 0 Å². The number of benzene rings is 1. The molecule has 3 heterocycles. The van der Waals surface area contributed by atoms with Crippen molar-refractivity contribution in [3.05, 3.63) is 41.1 Å². The third-order valence-corrected chi connectivity index (χ3v) is 5.37. The Morgan fingerprint density at radius 2 is 2.15 bits per heavy atom.